The van der Waals surface area contributed by atoms with Gasteiger partial charge in [0.2, 0.25) is 0 Å². The topological polar surface area (TPSA) is 67.0 Å². The SMILES string of the molecule is CC(C)OC(=O)C1=CNCC(C)(C)c2c1[nH]c1cccnc21. The highest BCUT2D eigenvalue weighted by atomic mass is 16.5. The van der Waals surface area contributed by atoms with E-state index in [9.17, 15) is 4.79 Å². The van der Waals surface area contributed by atoms with Crippen molar-refractivity contribution in [3.8, 4) is 0 Å². The third-order valence-electron chi connectivity index (χ3n) is 3.85. The number of esters is 1. The fourth-order valence-electron chi connectivity index (χ4n) is 2.89. The number of pyridine rings is 1. The Labute approximate surface area is 129 Å². The zero-order chi connectivity index (χ0) is 15.9. The minimum atomic E-state index is -0.326. The Morgan fingerprint density at radius 2 is 2.18 bits per heavy atom. The van der Waals surface area contributed by atoms with Crippen LogP contribution in [0.3, 0.4) is 0 Å². The molecule has 0 fully saturated rings. The molecule has 0 saturated heterocycles. The Bertz CT molecular complexity index is 756. The third-order valence-corrected chi connectivity index (χ3v) is 3.85. The summed E-state index contributed by atoms with van der Waals surface area (Å²) in [4.78, 5) is 20.3. The molecule has 5 nitrogen and oxygen atoms in total. The fraction of sp³-hybridized carbons (Fsp3) is 0.412. The first-order valence-corrected chi connectivity index (χ1v) is 7.52. The number of aromatic nitrogens is 2. The molecule has 0 amide bonds. The van der Waals surface area contributed by atoms with E-state index in [0.29, 0.717) is 5.57 Å². The number of ether oxygens (including phenoxy) is 1. The van der Waals surface area contributed by atoms with Gasteiger partial charge in [0, 0.05) is 29.9 Å². The van der Waals surface area contributed by atoms with Crippen molar-refractivity contribution >= 4 is 22.6 Å². The normalized spacial score (nSPS) is 16.7. The number of carbonyl (C=O) groups excluding carboxylic acids is 1. The summed E-state index contributed by atoms with van der Waals surface area (Å²) >= 11 is 0. The number of nitrogens with zero attached hydrogens (tertiary/aromatic N) is 1. The summed E-state index contributed by atoms with van der Waals surface area (Å²) < 4.78 is 5.38. The lowest BCUT2D eigenvalue weighted by atomic mass is 9.83. The molecule has 22 heavy (non-hydrogen) atoms. The van der Waals surface area contributed by atoms with Crippen molar-refractivity contribution in [3.05, 3.63) is 35.8 Å². The Hall–Kier alpha value is -2.30. The van der Waals surface area contributed by atoms with Crippen molar-refractivity contribution in [2.24, 2.45) is 0 Å². The lowest BCUT2D eigenvalue weighted by Gasteiger charge is -2.23. The third kappa shape index (κ3) is 2.36. The van der Waals surface area contributed by atoms with Crippen molar-refractivity contribution < 1.29 is 9.53 Å². The highest BCUT2D eigenvalue weighted by Crippen LogP contribution is 2.37. The first kappa shape index (κ1) is 14.6. The molecule has 1 aliphatic rings. The maximum atomic E-state index is 12.4. The minimum Gasteiger partial charge on any atom is -0.459 e. The van der Waals surface area contributed by atoms with E-state index in [4.69, 9.17) is 4.74 Å². The van der Waals surface area contributed by atoms with Crippen LogP contribution in [-0.4, -0.2) is 28.6 Å². The van der Waals surface area contributed by atoms with Gasteiger partial charge in [0.15, 0.2) is 0 Å². The molecule has 3 heterocycles. The number of aromatic amines is 1. The summed E-state index contributed by atoms with van der Waals surface area (Å²) in [6.07, 6.45) is 3.37. The van der Waals surface area contributed by atoms with E-state index in [0.717, 1.165) is 28.8 Å². The first-order chi connectivity index (χ1) is 10.4. The second-order valence-electron chi connectivity index (χ2n) is 6.55. The average molecular weight is 299 g/mol. The minimum absolute atomic E-state index is 0.154. The lowest BCUT2D eigenvalue weighted by molar-refractivity contribution is -0.140. The predicted octanol–water partition coefficient (Wildman–Crippen LogP) is 2.74. The van der Waals surface area contributed by atoms with E-state index in [1.165, 1.54) is 0 Å². The standard InChI is InChI=1S/C17H21N3O2/c1-10(2)22-16(21)11-8-18-9-17(3,4)13-14(11)20-12-6-5-7-19-15(12)13/h5-8,10,18,20H,9H2,1-4H3. The van der Waals surface area contributed by atoms with Gasteiger partial charge in [-0.25, -0.2) is 4.79 Å². The maximum absolute atomic E-state index is 12.4. The molecule has 0 spiro atoms. The van der Waals surface area contributed by atoms with Crippen LogP contribution in [0.25, 0.3) is 16.6 Å². The van der Waals surface area contributed by atoms with Crippen molar-refractivity contribution in [3.63, 3.8) is 0 Å². The summed E-state index contributed by atoms with van der Waals surface area (Å²) in [5, 5.41) is 3.23. The van der Waals surface area contributed by atoms with Crippen LogP contribution in [0.5, 0.6) is 0 Å². The molecule has 2 aromatic rings. The Morgan fingerprint density at radius 3 is 2.91 bits per heavy atom. The molecule has 1 aliphatic heterocycles. The molecule has 0 aliphatic carbocycles. The Morgan fingerprint density at radius 1 is 1.41 bits per heavy atom. The van der Waals surface area contributed by atoms with Crippen molar-refractivity contribution in [2.75, 3.05) is 6.54 Å². The van der Waals surface area contributed by atoms with Gasteiger partial charge in [-0.15, -0.1) is 0 Å². The molecular formula is C17H21N3O2. The second-order valence-corrected chi connectivity index (χ2v) is 6.55. The van der Waals surface area contributed by atoms with Gasteiger partial charge in [0.05, 0.1) is 28.4 Å². The number of fused-ring (bicyclic) bond motifs is 3. The van der Waals surface area contributed by atoms with Gasteiger partial charge >= 0.3 is 5.97 Å². The van der Waals surface area contributed by atoms with Crippen molar-refractivity contribution in [2.45, 2.75) is 39.2 Å². The first-order valence-electron chi connectivity index (χ1n) is 7.52. The number of nitrogens with one attached hydrogen (secondary N) is 2. The number of carbonyl (C=O) groups is 1. The van der Waals surface area contributed by atoms with Crippen LogP contribution in [0.15, 0.2) is 24.5 Å². The molecule has 116 valence electrons. The molecule has 0 radical (unpaired) electrons. The number of H-pyrrole nitrogens is 1. The molecule has 0 atom stereocenters. The van der Waals surface area contributed by atoms with Crippen LogP contribution in [0.1, 0.15) is 39.0 Å². The van der Waals surface area contributed by atoms with Gasteiger partial charge < -0.3 is 15.0 Å². The summed E-state index contributed by atoms with van der Waals surface area (Å²) in [5.41, 5.74) is 4.07. The molecular weight excluding hydrogens is 278 g/mol. The quantitative estimate of drug-likeness (QED) is 0.837. The molecule has 0 saturated carbocycles. The van der Waals surface area contributed by atoms with Crippen LogP contribution in [-0.2, 0) is 14.9 Å². The van der Waals surface area contributed by atoms with E-state index in [2.05, 4.69) is 29.1 Å². The molecule has 0 aromatic carbocycles. The molecule has 0 unspecified atom stereocenters. The van der Waals surface area contributed by atoms with E-state index < -0.39 is 0 Å². The van der Waals surface area contributed by atoms with Crippen molar-refractivity contribution in [1.29, 1.82) is 0 Å². The van der Waals surface area contributed by atoms with Crippen LogP contribution < -0.4 is 5.32 Å². The number of hydrogen-bond acceptors (Lipinski definition) is 4. The Balaban J connectivity index is 2.20. The molecule has 3 rings (SSSR count). The zero-order valence-electron chi connectivity index (χ0n) is 13.4. The maximum Gasteiger partial charge on any atom is 0.342 e. The van der Waals surface area contributed by atoms with Crippen LogP contribution in [0.4, 0.5) is 0 Å². The smallest absolute Gasteiger partial charge is 0.342 e. The van der Waals surface area contributed by atoms with Crippen molar-refractivity contribution in [1.82, 2.24) is 15.3 Å². The average Bonchev–Trinajstić information content (AvgIpc) is 2.76. The van der Waals surface area contributed by atoms with Crippen LogP contribution in [0.2, 0.25) is 0 Å². The van der Waals surface area contributed by atoms with Crippen LogP contribution in [0, 0.1) is 0 Å². The molecule has 5 heteroatoms. The van der Waals surface area contributed by atoms with E-state index >= 15 is 0 Å². The van der Waals surface area contributed by atoms with E-state index in [1.54, 1.807) is 12.4 Å². The molecule has 2 N–H and O–H groups in total. The summed E-state index contributed by atoms with van der Waals surface area (Å²) in [7, 11) is 0. The second kappa shape index (κ2) is 5.16. The highest BCUT2D eigenvalue weighted by Gasteiger charge is 2.34. The molecule has 0 bridgehead atoms. The van der Waals surface area contributed by atoms with Crippen LogP contribution >= 0.6 is 0 Å². The predicted molar refractivity (Wildman–Crippen MR) is 86.3 cm³/mol. The summed E-state index contributed by atoms with van der Waals surface area (Å²) in [6, 6.07) is 3.87. The van der Waals surface area contributed by atoms with Gasteiger partial charge in [-0.1, -0.05) is 13.8 Å². The highest BCUT2D eigenvalue weighted by molar-refractivity contribution is 6.17. The monoisotopic (exact) mass is 299 g/mol. The lowest BCUT2D eigenvalue weighted by Crippen LogP contribution is -2.29. The van der Waals surface area contributed by atoms with E-state index in [1.807, 2.05) is 26.0 Å². The zero-order valence-corrected chi connectivity index (χ0v) is 13.4. The Kier molecular flexibility index (Phi) is 3.43. The number of hydrogen-bond donors (Lipinski definition) is 2. The fourth-order valence-corrected chi connectivity index (χ4v) is 2.89. The van der Waals surface area contributed by atoms with Gasteiger partial charge in [-0.3, -0.25) is 4.98 Å². The number of rotatable bonds is 2. The summed E-state index contributed by atoms with van der Waals surface area (Å²) in [6.45, 7) is 8.71. The van der Waals surface area contributed by atoms with Gasteiger partial charge in [-0.2, -0.15) is 0 Å². The largest absolute Gasteiger partial charge is 0.459 e. The van der Waals surface area contributed by atoms with Gasteiger partial charge in [0.25, 0.3) is 0 Å². The van der Waals surface area contributed by atoms with Gasteiger partial charge in [-0.05, 0) is 26.0 Å². The van der Waals surface area contributed by atoms with Gasteiger partial charge in [0.1, 0.15) is 0 Å². The summed E-state index contributed by atoms with van der Waals surface area (Å²) in [5.74, 6) is -0.326. The van der Waals surface area contributed by atoms with E-state index in [-0.39, 0.29) is 17.5 Å². The molecule has 2 aromatic heterocycles.